The molecule has 0 aliphatic carbocycles. The molecule has 0 bridgehead atoms. The molecule has 0 spiro atoms. The molecule has 0 fully saturated rings. The number of hydrogen-bond acceptors (Lipinski definition) is 1. The van der Waals surface area contributed by atoms with E-state index in [9.17, 15) is 0 Å². The summed E-state index contributed by atoms with van der Waals surface area (Å²) in [6.45, 7) is 0. The lowest BCUT2D eigenvalue weighted by Crippen LogP contribution is -0.660. The van der Waals surface area contributed by atoms with Gasteiger partial charge in [0.2, 0.25) is 0 Å². The van der Waals surface area contributed by atoms with Gasteiger partial charge in [0.25, 0.3) is 0 Å². The van der Waals surface area contributed by atoms with Crippen LogP contribution in [-0.4, -0.2) is 5.87 Å². The maximum atomic E-state index is 3.83. The highest BCUT2D eigenvalue weighted by atomic mass is 32.1. The Morgan fingerprint density at radius 3 is 1.00 bits per heavy atom. The van der Waals surface area contributed by atoms with Gasteiger partial charge in [0, 0.05) is 0 Å². The van der Waals surface area contributed by atoms with E-state index in [1.165, 1.54) is 0 Å². The summed E-state index contributed by atoms with van der Waals surface area (Å²) in [6.07, 6.45) is 0. The Balaban J connectivity index is -0.00000000500. The second-order valence-corrected chi connectivity index (χ2v) is 0. The lowest BCUT2D eigenvalue weighted by molar-refractivity contribution is 2.50. The zero-order chi connectivity index (χ0) is 2.00. The lowest BCUT2D eigenvalue weighted by Gasteiger charge is -0.774. The van der Waals surface area contributed by atoms with Crippen LogP contribution < -0.4 is 0 Å². The van der Waals surface area contributed by atoms with Crippen molar-refractivity contribution in [3.63, 3.8) is 0 Å². The van der Waals surface area contributed by atoms with E-state index >= 15 is 0 Å². The van der Waals surface area contributed by atoms with E-state index in [4.69, 9.17) is 0 Å². The van der Waals surface area contributed by atoms with Crippen molar-refractivity contribution < 1.29 is 0 Å². The molecule has 0 aromatic carbocycles. The van der Waals surface area contributed by atoms with Gasteiger partial charge in [-0.2, -0.15) is 0 Å². The Morgan fingerprint density at radius 1 is 1.00 bits per heavy atom. The third-order valence-corrected chi connectivity index (χ3v) is 0. The molecule has 0 rings (SSSR count). The zero-order valence-electron chi connectivity index (χ0n) is 1.12. The van der Waals surface area contributed by atoms with Crippen molar-refractivity contribution in [3.05, 3.63) is 0 Å². The lowest BCUT2D eigenvalue weighted by atomic mass is 12.0. The van der Waals surface area contributed by atoms with Crippen LogP contribution in [0.3, 0.4) is 0 Å². The summed E-state index contributed by atoms with van der Waals surface area (Å²) in [5, 5.41) is 0. The summed E-state index contributed by atoms with van der Waals surface area (Å²) in [5.74, 6) is 2.83. The first kappa shape index (κ1) is 32.9. The molecule has 0 saturated carbocycles. The Morgan fingerprint density at radius 2 is 1.00 bits per heavy atom. The van der Waals surface area contributed by atoms with Crippen molar-refractivity contribution in [1.29, 1.82) is 0 Å². The fraction of sp³-hybridized carbons (Fsp3) is 0.667. The van der Waals surface area contributed by atoms with Gasteiger partial charge in [-0.15, -0.1) is 0 Å². The number of thiocarbonyl (C=S) groups is 1. The molecule has 0 aromatic rings. The van der Waals surface area contributed by atoms with Gasteiger partial charge in [-0.3, -0.25) is 0 Å². The van der Waals surface area contributed by atoms with Crippen LogP contribution in [0.25, 0.3) is 0 Å². The molecule has 0 nitrogen and oxygen atoms in total. The van der Waals surface area contributed by atoms with E-state index in [1.807, 2.05) is 0 Å². The fourth-order valence-corrected chi connectivity index (χ4v) is 0. The normalized spacial score (nSPS) is 1.00. The Labute approximate surface area is 33.8 Å². The van der Waals surface area contributed by atoms with Crippen LogP contribution in [0, 0.1) is 0 Å². The van der Waals surface area contributed by atoms with Gasteiger partial charge in [-0.25, -0.2) is 0 Å². The van der Waals surface area contributed by atoms with Crippen molar-refractivity contribution in [3.8, 4) is 0 Å². The van der Waals surface area contributed by atoms with E-state index in [0.717, 1.165) is 0 Å². The topological polar surface area (TPSA) is 0 Å². The molecular formula is C3H10S. The third-order valence-electron chi connectivity index (χ3n) is 0. The summed E-state index contributed by atoms with van der Waals surface area (Å²) < 4.78 is 0. The second-order valence-electron chi connectivity index (χ2n) is 0. The molecule has 28 valence electrons. The fourth-order valence-electron chi connectivity index (χ4n) is 0. The van der Waals surface area contributed by atoms with Gasteiger partial charge in [0.1, 0.15) is 0 Å². The van der Waals surface area contributed by atoms with E-state index in [-0.39, 0.29) is 14.9 Å². The predicted octanol–water partition coefficient (Wildman–Crippen LogP) is 1.89. The summed E-state index contributed by atoms with van der Waals surface area (Å²) in [6, 6.07) is 0. The van der Waals surface area contributed by atoms with Gasteiger partial charge >= 0.3 is 0 Å². The van der Waals surface area contributed by atoms with Crippen LogP contribution in [0.15, 0.2) is 0 Å². The Hall–Kier alpha value is 0.0900. The average Bonchev–Trinajstić information content (AvgIpc) is 1.00. The highest BCUT2D eigenvalue weighted by molar-refractivity contribution is 7.77. The summed E-state index contributed by atoms with van der Waals surface area (Å²) in [7, 11) is 0. The van der Waals surface area contributed by atoms with Gasteiger partial charge in [0.05, 0.1) is 0 Å². The molecule has 0 unspecified atom stereocenters. The van der Waals surface area contributed by atoms with Crippen LogP contribution in [0.1, 0.15) is 14.9 Å². The SMILES string of the molecule is C.C.C=S. The zero-order valence-corrected chi connectivity index (χ0v) is 1.93. The minimum atomic E-state index is 0. The first-order valence-corrected chi connectivity index (χ1v) is 0.866. The standard InChI is InChI=1S/CH2S.2CH4/c1-2;;/h1H2;2*1H4. The highest BCUT2D eigenvalue weighted by Gasteiger charge is 0.642. The summed E-state index contributed by atoms with van der Waals surface area (Å²) in [5.41, 5.74) is 0. The van der Waals surface area contributed by atoms with Crippen molar-refractivity contribution in [1.82, 2.24) is 0 Å². The third kappa shape index (κ3) is 307. The van der Waals surface area contributed by atoms with E-state index < -0.39 is 0 Å². The largest absolute Gasteiger partial charge is 0.0973 e. The first-order valence-electron chi connectivity index (χ1n) is 0.289. The van der Waals surface area contributed by atoms with Gasteiger partial charge in [-0.05, 0) is 5.87 Å². The highest BCUT2D eigenvalue weighted by Crippen LogP contribution is 1.03. The molecule has 1 heteroatoms. The molecule has 0 radical (unpaired) electrons. The molecule has 0 aromatic heterocycles. The summed E-state index contributed by atoms with van der Waals surface area (Å²) in [4.78, 5) is 0. The van der Waals surface area contributed by atoms with Crippen LogP contribution in [0.4, 0.5) is 0 Å². The van der Waals surface area contributed by atoms with E-state index in [2.05, 4.69) is 18.1 Å². The van der Waals surface area contributed by atoms with Crippen molar-refractivity contribution in [2.24, 2.45) is 0 Å². The first-order chi connectivity index (χ1) is 1.00. The van der Waals surface area contributed by atoms with Gasteiger partial charge < -0.3 is 0 Å². The van der Waals surface area contributed by atoms with E-state index in [1.54, 1.807) is 0 Å². The van der Waals surface area contributed by atoms with Crippen LogP contribution in [0.5, 0.6) is 0 Å². The monoisotopic (exact) mass is 78.1 g/mol. The Kier molecular flexibility index (Phi) is 13700. The molecule has 0 aliphatic heterocycles. The van der Waals surface area contributed by atoms with Crippen LogP contribution >= 0.6 is 12.2 Å². The second kappa shape index (κ2) is 1670. The number of rotatable bonds is 0. The average molecular weight is 78.2 g/mol. The maximum Gasteiger partial charge on any atom is -0.0351 e. The van der Waals surface area contributed by atoms with Crippen LogP contribution in [-0.2, 0) is 0 Å². The molecule has 4 heavy (non-hydrogen) atoms. The molecule has 0 saturated heterocycles. The van der Waals surface area contributed by atoms with Crippen molar-refractivity contribution >= 4 is 18.1 Å². The quantitative estimate of drug-likeness (QED) is 0.399. The maximum absolute atomic E-state index is 3.83. The predicted molar refractivity (Wildman–Crippen MR) is 28.2 cm³/mol. The molecule has 0 amide bonds. The smallest absolute Gasteiger partial charge is 0.0351 e. The minimum absolute atomic E-state index is 0. The summed E-state index contributed by atoms with van der Waals surface area (Å²) >= 11 is 3.83. The van der Waals surface area contributed by atoms with Gasteiger partial charge in [-0.1, -0.05) is 27.1 Å². The Bertz CT molecular complexity index is 3.25. The van der Waals surface area contributed by atoms with Crippen LogP contribution in [0.2, 0.25) is 0 Å². The van der Waals surface area contributed by atoms with E-state index in [0.29, 0.717) is 0 Å². The van der Waals surface area contributed by atoms with Crippen molar-refractivity contribution in [2.45, 2.75) is 14.9 Å². The minimum Gasteiger partial charge on any atom is -0.0973 e. The molecule has 0 aliphatic rings. The molecular weight excluding hydrogens is 68.1 g/mol. The van der Waals surface area contributed by atoms with Crippen molar-refractivity contribution in [2.75, 3.05) is 0 Å². The molecule has 0 heterocycles. The number of hydrogen-bond donors (Lipinski definition) is 0. The van der Waals surface area contributed by atoms with Gasteiger partial charge in [0.15, 0.2) is 0 Å². The molecule has 0 N–H and O–H groups in total. The molecule has 0 atom stereocenters.